The molecule has 0 aromatic carbocycles. The van der Waals surface area contributed by atoms with Gasteiger partial charge in [-0.05, 0) is 24.1 Å². The van der Waals surface area contributed by atoms with E-state index in [0.717, 1.165) is 6.42 Å². The fourth-order valence-electron chi connectivity index (χ4n) is 1.66. The Morgan fingerprint density at radius 2 is 1.75 bits per heavy atom. The molecule has 0 aromatic rings. The summed E-state index contributed by atoms with van der Waals surface area (Å²) < 4.78 is 9.98. The van der Waals surface area contributed by atoms with Gasteiger partial charge in [-0.2, -0.15) is 0 Å². The number of hydrogen-bond acceptors (Lipinski definition) is 4. The van der Waals surface area contributed by atoms with Crippen molar-refractivity contribution >= 4 is 12.3 Å². The van der Waals surface area contributed by atoms with E-state index >= 15 is 0 Å². The molecule has 0 aliphatic rings. The van der Waals surface area contributed by atoms with Gasteiger partial charge in [-0.15, -0.1) is 0 Å². The first-order valence-electron chi connectivity index (χ1n) is 7.22. The maximum Gasteiger partial charge on any atom is 0.330 e. The molecule has 0 rings (SSSR count). The SMILES string of the molecule is CCCCCCCCOCC(/C=C/C(=O)OC)=C/C=O. The minimum atomic E-state index is -0.447. The molecule has 4 nitrogen and oxygen atoms in total. The van der Waals surface area contributed by atoms with Crippen molar-refractivity contribution in [3.05, 3.63) is 23.8 Å². The predicted molar refractivity (Wildman–Crippen MR) is 79.5 cm³/mol. The highest BCUT2D eigenvalue weighted by Crippen LogP contribution is 2.05. The number of methoxy groups -OCH3 is 1. The lowest BCUT2D eigenvalue weighted by Gasteiger charge is -2.04. The van der Waals surface area contributed by atoms with Crippen LogP contribution in [0.2, 0.25) is 0 Å². The van der Waals surface area contributed by atoms with Gasteiger partial charge in [0.2, 0.25) is 0 Å². The third-order valence-corrected chi connectivity index (χ3v) is 2.83. The first-order valence-corrected chi connectivity index (χ1v) is 7.22. The molecule has 0 saturated heterocycles. The van der Waals surface area contributed by atoms with Crippen LogP contribution >= 0.6 is 0 Å². The number of ether oxygens (including phenoxy) is 2. The molecule has 0 N–H and O–H groups in total. The van der Waals surface area contributed by atoms with Gasteiger partial charge in [0.15, 0.2) is 0 Å². The molecule has 0 aliphatic carbocycles. The molecule has 0 unspecified atom stereocenters. The Hall–Kier alpha value is -1.42. The fraction of sp³-hybridized carbons (Fsp3) is 0.625. The van der Waals surface area contributed by atoms with Crippen LogP contribution in [-0.4, -0.2) is 32.6 Å². The van der Waals surface area contributed by atoms with E-state index in [-0.39, 0.29) is 0 Å². The molecule has 114 valence electrons. The van der Waals surface area contributed by atoms with Gasteiger partial charge in [0.25, 0.3) is 0 Å². The van der Waals surface area contributed by atoms with Gasteiger partial charge in [-0.1, -0.05) is 39.0 Å². The van der Waals surface area contributed by atoms with Crippen molar-refractivity contribution in [3.63, 3.8) is 0 Å². The minimum absolute atomic E-state index is 0.335. The van der Waals surface area contributed by atoms with Gasteiger partial charge in [0, 0.05) is 12.7 Å². The van der Waals surface area contributed by atoms with E-state index in [0.29, 0.717) is 25.1 Å². The molecule has 4 heteroatoms. The highest BCUT2D eigenvalue weighted by molar-refractivity contribution is 5.82. The summed E-state index contributed by atoms with van der Waals surface area (Å²) in [5, 5.41) is 0. The van der Waals surface area contributed by atoms with Crippen LogP contribution in [0.3, 0.4) is 0 Å². The van der Waals surface area contributed by atoms with Crippen molar-refractivity contribution in [1.82, 2.24) is 0 Å². The van der Waals surface area contributed by atoms with E-state index in [2.05, 4.69) is 11.7 Å². The van der Waals surface area contributed by atoms with E-state index in [4.69, 9.17) is 4.74 Å². The van der Waals surface area contributed by atoms with Gasteiger partial charge in [-0.25, -0.2) is 4.79 Å². The maximum atomic E-state index is 11.0. The summed E-state index contributed by atoms with van der Waals surface area (Å²) in [6.07, 6.45) is 12.2. The summed E-state index contributed by atoms with van der Waals surface area (Å²) in [5.41, 5.74) is 0.663. The van der Waals surface area contributed by atoms with Crippen molar-refractivity contribution in [1.29, 1.82) is 0 Å². The lowest BCUT2D eigenvalue weighted by atomic mass is 10.1. The van der Waals surface area contributed by atoms with Crippen molar-refractivity contribution in [2.24, 2.45) is 0 Å². The number of unbranched alkanes of at least 4 members (excludes halogenated alkanes) is 5. The minimum Gasteiger partial charge on any atom is -0.466 e. The molecule has 0 heterocycles. The zero-order valence-corrected chi connectivity index (χ0v) is 12.6. The first kappa shape index (κ1) is 18.6. The average Bonchev–Trinajstić information content (AvgIpc) is 2.46. The van der Waals surface area contributed by atoms with Gasteiger partial charge >= 0.3 is 5.97 Å². The van der Waals surface area contributed by atoms with Crippen LogP contribution in [0.1, 0.15) is 45.4 Å². The van der Waals surface area contributed by atoms with Crippen LogP contribution in [-0.2, 0) is 19.1 Å². The van der Waals surface area contributed by atoms with Gasteiger partial charge < -0.3 is 9.47 Å². The number of hydrogen-bond donors (Lipinski definition) is 0. The topological polar surface area (TPSA) is 52.6 Å². The molecule has 0 saturated carbocycles. The highest BCUT2D eigenvalue weighted by atomic mass is 16.5. The van der Waals surface area contributed by atoms with Gasteiger partial charge in [0.05, 0.1) is 13.7 Å². The van der Waals surface area contributed by atoms with E-state index in [1.54, 1.807) is 6.08 Å². The molecule has 0 aromatic heterocycles. The Kier molecular flexibility index (Phi) is 13.0. The largest absolute Gasteiger partial charge is 0.466 e. The molecule has 0 atom stereocenters. The number of carbonyl (C=O) groups is 2. The van der Waals surface area contributed by atoms with Crippen molar-refractivity contribution < 1.29 is 19.1 Å². The van der Waals surface area contributed by atoms with Gasteiger partial charge in [-0.3, -0.25) is 4.79 Å². The summed E-state index contributed by atoms with van der Waals surface area (Å²) in [5.74, 6) is -0.447. The monoisotopic (exact) mass is 282 g/mol. The molecular weight excluding hydrogens is 256 g/mol. The second-order valence-corrected chi connectivity index (χ2v) is 4.55. The Balaban J connectivity index is 3.77. The summed E-state index contributed by atoms with van der Waals surface area (Å²) in [6.45, 7) is 3.21. The summed E-state index contributed by atoms with van der Waals surface area (Å²) >= 11 is 0. The number of carbonyl (C=O) groups excluding carboxylic acids is 2. The van der Waals surface area contributed by atoms with Gasteiger partial charge in [0.1, 0.15) is 6.29 Å². The first-order chi connectivity index (χ1) is 9.74. The van der Waals surface area contributed by atoms with Crippen LogP contribution in [0, 0.1) is 0 Å². The molecule has 0 amide bonds. The Labute approximate surface area is 121 Å². The fourth-order valence-corrected chi connectivity index (χ4v) is 1.66. The molecule has 0 spiro atoms. The normalized spacial score (nSPS) is 11.8. The summed E-state index contributed by atoms with van der Waals surface area (Å²) in [4.78, 5) is 21.4. The van der Waals surface area contributed by atoms with E-state index in [1.807, 2.05) is 0 Å². The Morgan fingerprint density at radius 1 is 1.05 bits per heavy atom. The molecule has 0 aliphatic heterocycles. The van der Waals surface area contributed by atoms with E-state index < -0.39 is 5.97 Å². The van der Waals surface area contributed by atoms with Crippen LogP contribution in [0.5, 0.6) is 0 Å². The summed E-state index contributed by atoms with van der Waals surface area (Å²) in [6, 6.07) is 0. The second kappa shape index (κ2) is 14.0. The van der Waals surface area contributed by atoms with Crippen LogP contribution < -0.4 is 0 Å². The molecule has 20 heavy (non-hydrogen) atoms. The Bertz CT molecular complexity index is 318. The number of rotatable bonds is 12. The van der Waals surface area contributed by atoms with Crippen LogP contribution in [0.25, 0.3) is 0 Å². The second-order valence-electron chi connectivity index (χ2n) is 4.55. The third kappa shape index (κ3) is 11.7. The molecule has 0 bridgehead atoms. The van der Waals surface area contributed by atoms with Crippen LogP contribution in [0.15, 0.2) is 23.8 Å². The molecule has 0 fully saturated rings. The number of allylic oxidation sites excluding steroid dienone is 1. The number of aldehydes is 1. The third-order valence-electron chi connectivity index (χ3n) is 2.83. The zero-order valence-electron chi connectivity index (χ0n) is 12.6. The van der Waals surface area contributed by atoms with E-state index in [9.17, 15) is 9.59 Å². The van der Waals surface area contributed by atoms with Crippen molar-refractivity contribution in [2.75, 3.05) is 20.3 Å². The average molecular weight is 282 g/mol. The smallest absolute Gasteiger partial charge is 0.330 e. The lowest BCUT2D eigenvalue weighted by Crippen LogP contribution is -2.01. The van der Waals surface area contributed by atoms with Crippen molar-refractivity contribution in [2.45, 2.75) is 45.4 Å². The number of esters is 1. The predicted octanol–water partition coefficient (Wildman–Crippen LogP) is 3.22. The molecular formula is C16H26O4. The van der Waals surface area contributed by atoms with E-state index in [1.165, 1.54) is 51.4 Å². The Morgan fingerprint density at radius 3 is 2.40 bits per heavy atom. The van der Waals surface area contributed by atoms with Crippen LogP contribution in [0.4, 0.5) is 0 Å². The lowest BCUT2D eigenvalue weighted by molar-refractivity contribution is -0.134. The summed E-state index contributed by atoms with van der Waals surface area (Å²) in [7, 11) is 1.31. The standard InChI is InChI=1S/C16H26O4/c1-3-4-5-6-7-8-13-20-14-15(11-12-17)9-10-16(18)19-2/h9-12H,3-8,13-14H2,1-2H3/b10-9+,15-11+. The zero-order chi connectivity index (χ0) is 15.1. The molecule has 0 radical (unpaired) electrons. The highest BCUT2D eigenvalue weighted by Gasteiger charge is 1.97. The van der Waals surface area contributed by atoms with Crippen molar-refractivity contribution in [3.8, 4) is 0 Å². The maximum absolute atomic E-state index is 11.0. The quantitative estimate of drug-likeness (QED) is 0.181.